The van der Waals surface area contributed by atoms with Crippen molar-refractivity contribution >= 4 is 21.9 Å². The second kappa shape index (κ2) is 6.13. The van der Waals surface area contributed by atoms with Crippen molar-refractivity contribution in [2.75, 3.05) is 11.9 Å². The molecule has 1 heterocycles. The molecule has 0 radical (unpaired) electrons. The standard InChI is InChI=1S/C13H12BrF2N3O/c1-3-17-13-18-7(2)4-11(19-13)20-10-6-8(14)5-9(15)12(10)16/h4-6H,3H2,1-2H3,(H,17,18,19). The molecule has 0 fully saturated rings. The van der Waals surface area contributed by atoms with Gasteiger partial charge in [0.05, 0.1) is 0 Å². The van der Waals surface area contributed by atoms with Crippen molar-refractivity contribution in [3.63, 3.8) is 0 Å². The molecule has 2 aromatic rings. The van der Waals surface area contributed by atoms with Gasteiger partial charge in [-0.1, -0.05) is 15.9 Å². The highest BCUT2D eigenvalue weighted by Crippen LogP contribution is 2.29. The minimum atomic E-state index is -1.06. The Balaban J connectivity index is 2.34. The lowest BCUT2D eigenvalue weighted by atomic mass is 10.3. The first-order valence-corrected chi connectivity index (χ1v) is 6.71. The highest BCUT2D eigenvalue weighted by atomic mass is 79.9. The molecule has 0 aliphatic heterocycles. The highest BCUT2D eigenvalue weighted by Gasteiger charge is 2.13. The number of rotatable bonds is 4. The van der Waals surface area contributed by atoms with Gasteiger partial charge in [0, 0.05) is 22.8 Å². The van der Waals surface area contributed by atoms with E-state index in [9.17, 15) is 8.78 Å². The summed E-state index contributed by atoms with van der Waals surface area (Å²) in [6.07, 6.45) is 0. The number of ether oxygens (including phenoxy) is 1. The van der Waals surface area contributed by atoms with Crippen LogP contribution >= 0.6 is 15.9 Å². The third kappa shape index (κ3) is 3.41. The Morgan fingerprint density at radius 3 is 2.70 bits per heavy atom. The largest absolute Gasteiger partial charge is 0.436 e. The molecule has 1 N–H and O–H groups in total. The van der Waals surface area contributed by atoms with E-state index in [1.165, 1.54) is 6.07 Å². The molecular weight excluding hydrogens is 332 g/mol. The Morgan fingerprint density at radius 2 is 2.00 bits per heavy atom. The molecule has 1 aromatic carbocycles. The maximum Gasteiger partial charge on any atom is 0.226 e. The highest BCUT2D eigenvalue weighted by molar-refractivity contribution is 9.10. The summed E-state index contributed by atoms with van der Waals surface area (Å²) in [5.74, 6) is -1.78. The van der Waals surface area contributed by atoms with Crippen LogP contribution in [-0.4, -0.2) is 16.5 Å². The summed E-state index contributed by atoms with van der Waals surface area (Å²) in [7, 11) is 0. The van der Waals surface area contributed by atoms with Crippen LogP contribution in [0, 0.1) is 18.6 Å². The fourth-order valence-corrected chi connectivity index (χ4v) is 1.96. The maximum absolute atomic E-state index is 13.6. The van der Waals surface area contributed by atoms with Crippen LogP contribution in [0.5, 0.6) is 11.6 Å². The van der Waals surface area contributed by atoms with Crippen molar-refractivity contribution in [1.82, 2.24) is 9.97 Å². The zero-order valence-corrected chi connectivity index (χ0v) is 12.5. The lowest BCUT2D eigenvalue weighted by molar-refractivity contribution is 0.404. The van der Waals surface area contributed by atoms with Crippen LogP contribution in [0.15, 0.2) is 22.7 Å². The Kier molecular flexibility index (Phi) is 4.49. The van der Waals surface area contributed by atoms with E-state index >= 15 is 0 Å². The summed E-state index contributed by atoms with van der Waals surface area (Å²) in [5.41, 5.74) is 0.654. The zero-order valence-electron chi connectivity index (χ0n) is 10.9. The summed E-state index contributed by atoms with van der Waals surface area (Å²) in [4.78, 5) is 8.21. The molecule has 20 heavy (non-hydrogen) atoms. The average molecular weight is 344 g/mol. The van der Waals surface area contributed by atoms with Crippen molar-refractivity contribution < 1.29 is 13.5 Å². The second-order valence-corrected chi connectivity index (χ2v) is 4.92. The third-order valence-electron chi connectivity index (χ3n) is 2.34. The summed E-state index contributed by atoms with van der Waals surface area (Å²) in [6, 6.07) is 3.90. The number of hydrogen-bond acceptors (Lipinski definition) is 4. The molecule has 0 spiro atoms. The monoisotopic (exact) mass is 343 g/mol. The molecule has 0 aliphatic carbocycles. The molecule has 0 saturated heterocycles. The molecule has 0 amide bonds. The summed E-state index contributed by atoms with van der Waals surface area (Å²) in [6.45, 7) is 4.30. The lowest BCUT2D eigenvalue weighted by Gasteiger charge is -2.09. The van der Waals surface area contributed by atoms with Crippen LogP contribution < -0.4 is 10.1 Å². The fourth-order valence-electron chi connectivity index (χ4n) is 1.55. The van der Waals surface area contributed by atoms with Gasteiger partial charge in [-0.15, -0.1) is 0 Å². The first-order chi connectivity index (χ1) is 9.49. The van der Waals surface area contributed by atoms with E-state index in [4.69, 9.17) is 4.74 Å². The van der Waals surface area contributed by atoms with E-state index in [1.807, 2.05) is 6.92 Å². The minimum absolute atomic E-state index is 0.143. The number of nitrogens with zero attached hydrogens (tertiary/aromatic N) is 2. The quantitative estimate of drug-likeness (QED) is 0.850. The summed E-state index contributed by atoms with van der Waals surface area (Å²) >= 11 is 3.08. The number of nitrogens with one attached hydrogen (secondary N) is 1. The molecule has 106 valence electrons. The van der Waals surface area contributed by atoms with Crippen molar-refractivity contribution in [2.45, 2.75) is 13.8 Å². The first kappa shape index (κ1) is 14.6. The van der Waals surface area contributed by atoms with E-state index in [0.717, 1.165) is 6.07 Å². The molecule has 1 aromatic heterocycles. The number of anilines is 1. The smallest absolute Gasteiger partial charge is 0.226 e. The van der Waals surface area contributed by atoms with Gasteiger partial charge in [0.2, 0.25) is 17.6 Å². The topological polar surface area (TPSA) is 47.0 Å². The predicted molar refractivity (Wildman–Crippen MR) is 75.1 cm³/mol. The van der Waals surface area contributed by atoms with Gasteiger partial charge in [-0.25, -0.2) is 9.37 Å². The summed E-state index contributed by atoms with van der Waals surface area (Å²) < 4.78 is 32.6. The number of benzene rings is 1. The second-order valence-electron chi connectivity index (χ2n) is 4.00. The van der Waals surface area contributed by atoms with Crippen LogP contribution in [0.1, 0.15) is 12.6 Å². The van der Waals surface area contributed by atoms with Gasteiger partial charge < -0.3 is 10.1 Å². The Morgan fingerprint density at radius 1 is 1.25 bits per heavy atom. The van der Waals surface area contributed by atoms with Crippen molar-refractivity contribution in [3.05, 3.63) is 40.0 Å². The van der Waals surface area contributed by atoms with Crippen LogP contribution in [-0.2, 0) is 0 Å². The van der Waals surface area contributed by atoms with Gasteiger partial charge in [0.25, 0.3) is 0 Å². The molecular formula is C13H12BrF2N3O. The van der Waals surface area contributed by atoms with Gasteiger partial charge in [0.15, 0.2) is 11.6 Å². The predicted octanol–water partition coefficient (Wildman–Crippen LogP) is 4.05. The van der Waals surface area contributed by atoms with E-state index in [0.29, 0.717) is 22.7 Å². The molecule has 4 nitrogen and oxygen atoms in total. The Bertz CT molecular complexity index is 637. The molecule has 7 heteroatoms. The number of halogens is 3. The first-order valence-electron chi connectivity index (χ1n) is 5.91. The van der Waals surface area contributed by atoms with Crippen LogP contribution in [0.25, 0.3) is 0 Å². The average Bonchev–Trinajstić information content (AvgIpc) is 2.35. The molecule has 0 unspecified atom stereocenters. The number of aromatic nitrogens is 2. The van der Waals surface area contributed by atoms with Gasteiger partial charge in [-0.05, 0) is 26.0 Å². The Hall–Kier alpha value is -1.76. The third-order valence-corrected chi connectivity index (χ3v) is 2.80. The number of aryl methyl sites for hydroxylation is 1. The van der Waals surface area contributed by atoms with E-state index in [-0.39, 0.29) is 11.6 Å². The van der Waals surface area contributed by atoms with Crippen LogP contribution in [0.3, 0.4) is 0 Å². The van der Waals surface area contributed by atoms with E-state index < -0.39 is 11.6 Å². The maximum atomic E-state index is 13.6. The van der Waals surface area contributed by atoms with Crippen molar-refractivity contribution in [3.8, 4) is 11.6 Å². The number of hydrogen-bond donors (Lipinski definition) is 1. The van der Waals surface area contributed by atoms with Crippen LogP contribution in [0.2, 0.25) is 0 Å². The Labute approximate surface area is 123 Å². The molecule has 0 saturated carbocycles. The molecule has 0 aliphatic rings. The minimum Gasteiger partial charge on any atom is -0.436 e. The van der Waals surface area contributed by atoms with Gasteiger partial charge in [-0.3, -0.25) is 0 Å². The molecule has 0 bridgehead atoms. The lowest BCUT2D eigenvalue weighted by Crippen LogP contribution is -2.04. The molecule has 2 rings (SSSR count). The van der Waals surface area contributed by atoms with Crippen LogP contribution in [0.4, 0.5) is 14.7 Å². The van der Waals surface area contributed by atoms with Crippen molar-refractivity contribution in [2.24, 2.45) is 0 Å². The fraction of sp³-hybridized carbons (Fsp3) is 0.231. The normalized spacial score (nSPS) is 10.4. The summed E-state index contributed by atoms with van der Waals surface area (Å²) in [5, 5.41) is 2.93. The SMILES string of the molecule is CCNc1nc(C)cc(Oc2cc(Br)cc(F)c2F)n1. The van der Waals surface area contributed by atoms with Gasteiger partial charge in [0.1, 0.15) is 0 Å². The zero-order chi connectivity index (χ0) is 14.7. The van der Waals surface area contributed by atoms with E-state index in [2.05, 4.69) is 31.2 Å². The van der Waals surface area contributed by atoms with Crippen molar-refractivity contribution in [1.29, 1.82) is 0 Å². The van der Waals surface area contributed by atoms with E-state index in [1.54, 1.807) is 13.0 Å². The van der Waals surface area contributed by atoms with Gasteiger partial charge >= 0.3 is 0 Å². The van der Waals surface area contributed by atoms with Gasteiger partial charge in [-0.2, -0.15) is 9.37 Å². The molecule has 0 atom stereocenters.